The Labute approximate surface area is 127 Å². The normalized spacial score (nSPS) is 21.0. The van der Waals surface area contributed by atoms with Crippen LogP contribution in [0.4, 0.5) is 13.2 Å². The van der Waals surface area contributed by atoms with Crippen LogP contribution in [0.1, 0.15) is 44.8 Å². The van der Waals surface area contributed by atoms with Crippen LogP contribution in [-0.4, -0.2) is 45.9 Å². The third kappa shape index (κ3) is 4.22. The van der Waals surface area contributed by atoms with E-state index in [0.29, 0.717) is 0 Å². The summed E-state index contributed by atoms with van der Waals surface area (Å²) in [5.74, 6) is -0.458. The van der Waals surface area contributed by atoms with Crippen molar-refractivity contribution in [1.82, 2.24) is 20.0 Å². The monoisotopic (exact) mass is 318 g/mol. The highest BCUT2D eigenvalue weighted by molar-refractivity contribution is 5.79. The Hall–Kier alpha value is -1.57. The summed E-state index contributed by atoms with van der Waals surface area (Å²) in [4.78, 5) is 12.5. The number of likely N-dealkylation sites (tertiary alicyclic amines) is 1. The van der Waals surface area contributed by atoms with Gasteiger partial charge >= 0.3 is 6.18 Å². The number of rotatable bonds is 5. The molecule has 0 spiro atoms. The molecular formula is C14H21F3N4O. The van der Waals surface area contributed by atoms with Crippen molar-refractivity contribution >= 4 is 5.91 Å². The number of nitrogens with one attached hydrogen (secondary N) is 1. The molecule has 2 atom stereocenters. The number of nitrogens with zero attached hydrogens (tertiary/aromatic N) is 3. The Morgan fingerprint density at radius 1 is 1.41 bits per heavy atom. The molecule has 0 saturated carbocycles. The van der Waals surface area contributed by atoms with Gasteiger partial charge in [-0.25, -0.2) is 0 Å². The molecule has 22 heavy (non-hydrogen) atoms. The van der Waals surface area contributed by atoms with Crippen molar-refractivity contribution < 1.29 is 18.0 Å². The lowest BCUT2D eigenvalue weighted by Crippen LogP contribution is -2.38. The highest BCUT2D eigenvalue weighted by Gasteiger charge is 2.38. The zero-order valence-electron chi connectivity index (χ0n) is 12.9. The van der Waals surface area contributed by atoms with Gasteiger partial charge in [-0.15, -0.1) is 0 Å². The highest BCUT2D eigenvalue weighted by Crippen LogP contribution is 2.22. The van der Waals surface area contributed by atoms with E-state index in [1.54, 1.807) is 6.20 Å². The number of hydrogen-bond acceptors (Lipinski definition) is 3. The zero-order chi connectivity index (χ0) is 16.5. The lowest BCUT2D eigenvalue weighted by atomic mass is 10.1. The summed E-state index contributed by atoms with van der Waals surface area (Å²) in [6.45, 7) is 4.85. The Bertz CT molecular complexity index is 526. The smallest absolute Gasteiger partial charge is 0.332 e. The molecule has 1 aromatic heterocycles. The Morgan fingerprint density at radius 3 is 2.64 bits per heavy atom. The quantitative estimate of drug-likeness (QED) is 0.906. The van der Waals surface area contributed by atoms with Crippen LogP contribution in [0.2, 0.25) is 0 Å². The standard InChI is InChI=1S/C14H21F3N4O/c1-9(2)21-6-11(5-18-21)10(3)19-12-4-13(22)20(7-12)8-14(15,16)17/h5-6,9-10,12,19H,4,7-8H2,1-3H3/t10-,12-/m0/s1. The Balaban J connectivity index is 1.92. The number of carbonyl (C=O) groups is 1. The molecule has 2 rings (SSSR count). The lowest BCUT2D eigenvalue weighted by molar-refractivity contribution is -0.157. The molecule has 1 fully saturated rings. The summed E-state index contributed by atoms with van der Waals surface area (Å²) in [6.07, 6.45) is -0.609. The van der Waals surface area contributed by atoms with Gasteiger partial charge in [0.15, 0.2) is 0 Å². The van der Waals surface area contributed by atoms with Gasteiger partial charge in [-0.05, 0) is 20.8 Å². The van der Waals surface area contributed by atoms with E-state index in [0.717, 1.165) is 10.5 Å². The summed E-state index contributed by atoms with van der Waals surface area (Å²) in [5.41, 5.74) is 0.954. The minimum atomic E-state index is -4.35. The molecule has 0 bridgehead atoms. The van der Waals surface area contributed by atoms with Gasteiger partial charge in [0.25, 0.3) is 0 Å². The SMILES string of the molecule is CC(C)n1cc([C@H](C)N[C@H]2CC(=O)N(CC(F)(F)F)C2)cn1. The molecule has 1 aliphatic rings. The van der Waals surface area contributed by atoms with Crippen LogP contribution in [0.5, 0.6) is 0 Å². The molecule has 0 unspecified atom stereocenters. The molecule has 0 radical (unpaired) electrons. The van der Waals surface area contributed by atoms with Gasteiger partial charge < -0.3 is 10.2 Å². The van der Waals surface area contributed by atoms with Crippen LogP contribution < -0.4 is 5.32 Å². The van der Waals surface area contributed by atoms with Crippen molar-refractivity contribution in [3.8, 4) is 0 Å². The fourth-order valence-corrected chi connectivity index (χ4v) is 2.56. The van der Waals surface area contributed by atoms with Gasteiger partial charge in [0.2, 0.25) is 5.91 Å². The van der Waals surface area contributed by atoms with Crippen LogP contribution >= 0.6 is 0 Å². The average molecular weight is 318 g/mol. The zero-order valence-corrected chi connectivity index (χ0v) is 12.9. The predicted molar refractivity (Wildman–Crippen MR) is 75.2 cm³/mol. The largest absolute Gasteiger partial charge is 0.406 e. The molecule has 0 aromatic carbocycles. The van der Waals surface area contributed by atoms with E-state index in [-0.39, 0.29) is 31.1 Å². The van der Waals surface area contributed by atoms with E-state index in [4.69, 9.17) is 0 Å². The minimum Gasteiger partial charge on any atom is -0.332 e. The van der Waals surface area contributed by atoms with Crippen LogP contribution in [-0.2, 0) is 4.79 Å². The second kappa shape index (κ2) is 6.28. The van der Waals surface area contributed by atoms with Crippen molar-refractivity contribution in [2.24, 2.45) is 0 Å². The van der Waals surface area contributed by atoms with Crippen LogP contribution in [0, 0.1) is 0 Å². The van der Waals surface area contributed by atoms with Crippen molar-refractivity contribution in [3.63, 3.8) is 0 Å². The van der Waals surface area contributed by atoms with E-state index in [2.05, 4.69) is 10.4 Å². The maximum absolute atomic E-state index is 12.4. The summed E-state index contributed by atoms with van der Waals surface area (Å²) in [6, 6.07) is -0.0975. The van der Waals surface area contributed by atoms with E-state index < -0.39 is 18.6 Å². The van der Waals surface area contributed by atoms with Crippen molar-refractivity contribution in [2.45, 2.75) is 51.5 Å². The van der Waals surface area contributed by atoms with Crippen LogP contribution in [0.3, 0.4) is 0 Å². The molecular weight excluding hydrogens is 297 g/mol. The first-order valence-electron chi connectivity index (χ1n) is 7.30. The number of hydrogen-bond donors (Lipinski definition) is 1. The molecule has 1 aromatic rings. The lowest BCUT2D eigenvalue weighted by Gasteiger charge is -2.20. The Kier molecular flexibility index (Phi) is 4.79. The van der Waals surface area contributed by atoms with E-state index in [9.17, 15) is 18.0 Å². The Morgan fingerprint density at radius 2 is 2.09 bits per heavy atom. The van der Waals surface area contributed by atoms with Crippen molar-refractivity contribution in [3.05, 3.63) is 18.0 Å². The van der Waals surface area contributed by atoms with Crippen molar-refractivity contribution in [1.29, 1.82) is 0 Å². The van der Waals surface area contributed by atoms with Crippen molar-refractivity contribution in [2.75, 3.05) is 13.1 Å². The number of alkyl halides is 3. The summed E-state index contributed by atoms with van der Waals surface area (Å²) in [5, 5.41) is 7.45. The van der Waals surface area contributed by atoms with E-state index >= 15 is 0 Å². The summed E-state index contributed by atoms with van der Waals surface area (Å²) >= 11 is 0. The number of aromatic nitrogens is 2. The van der Waals surface area contributed by atoms with Gasteiger partial charge in [0.05, 0.1) is 6.20 Å². The summed E-state index contributed by atoms with van der Waals surface area (Å²) in [7, 11) is 0. The minimum absolute atomic E-state index is 0.0730. The van der Waals surface area contributed by atoms with Crippen LogP contribution in [0.15, 0.2) is 12.4 Å². The number of carbonyl (C=O) groups excluding carboxylic acids is 1. The molecule has 1 amide bonds. The van der Waals surface area contributed by atoms with E-state index in [1.165, 1.54) is 0 Å². The van der Waals surface area contributed by atoms with E-state index in [1.807, 2.05) is 31.6 Å². The second-order valence-electron chi connectivity index (χ2n) is 6.03. The van der Waals surface area contributed by atoms with Gasteiger partial charge in [-0.2, -0.15) is 18.3 Å². The summed E-state index contributed by atoms with van der Waals surface area (Å²) < 4.78 is 39.0. The fraction of sp³-hybridized carbons (Fsp3) is 0.714. The molecule has 0 aliphatic carbocycles. The maximum Gasteiger partial charge on any atom is 0.406 e. The average Bonchev–Trinajstić information content (AvgIpc) is 2.95. The third-order valence-electron chi connectivity index (χ3n) is 3.72. The first kappa shape index (κ1) is 16.8. The molecule has 1 saturated heterocycles. The molecule has 5 nitrogen and oxygen atoms in total. The van der Waals surface area contributed by atoms with Gasteiger partial charge in [0, 0.05) is 42.9 Å². The molecule has 1 N–H and O–H groups in total. The molecule has 1 aliphatic heterocycles. The number of amides is 1. The first-order chi connectivity index (χ1) is 10.2. The van der Waals surface area contributed by atoms with Gasteiger partial charge in [0.1, 0.15) is 6.54 Å². The highest BCUT2D eigenvalue weighted by atomic mass is 19.4. The first-order valence-corrected chi connectivity index (χ1v) is 7.30. The second-order valence-corrected chi connectivity index (χ2v) is 6.03. The molecule has 2 heterocycles. The maximum atomic E-state index is 12.4. The fourth-order valence-electron chi connectivity index (χ4n) is 2.56. The van der Waals surface area contributed by atoms with Gasteiger partial charge in [-0.1, -0.05) is 0 Å². The third-order valence-corrected chi connectivity index (χ3v) is 3.72. The number of halogens is 3. The van der Waals surface area contributed by atoms with Crippen LogP contribution in [0.25, 0.3) is 0 Å². The molecule has 124 valence electrons. The molecule has 8 heteroatoms. The topological polar surface area (TPSA) is 50.2 Å². The predicted octanol–water partition coefficient (Wildman–Crippen LogP) is 2.28. The van der Waals surface area contributed by atoms with Gasteiger partial charge in [-0.3, -0.25) is 9.48 Å².